The van der Waals surface area contributed by atoms with Gasteiger partial charge in [0, 0.05) is 4.90 Å². The molecule has 0 fully saturated rings. The van der Waals surface area contributed by atoms with Crippen molar-refractivity contribution in [2.45, 2.75) is 16.8 Å². The van der Waals surface area contributed by atoms with Crippen LogP contribution in [-0.2, 0) is 0 Å². The Hall–Kier alpha value is -1.59. The number of hydrogen-bond donors (Lipinski definition) is 2. The zero-order valence-electron chi connectivity index (χ0n) is 8.84. The van der Waals surface area contributed by atoms with Gasteiger partial charge < -0.3 is 5.43 Å². The molecule has 3 N–H and O–H groups in total. The molecule has 16 heavy (non-hydrogen) atoms. The average molecular weight is 232 g/mol. The molecule has 0 atom stereocenters. The topological polar surface area (TPSA) is 63.8 Å². The van der Waals surface area contributed by atoms with E-state index in [0.717, 1.165) is 9.92 Å². The molecule has 0 aliphatic rings. The first kappa shape index (κ1) is 10.9. The minimum atomic E-state index is 0.563. The highest BCUT2D eigenvalue weighted by Gasteiger charge is 1.99. The molecule has 1 aromatic heterocycles. The van der Waals surface area contributed by atoms with Gasteiger partial charge >= 0.3 is 0 Å². The maximum atomic E-state index is 5.21. The van der Waals surface area contributed by atoms with Crippen LogP contribution in [0.2, 0.25) is 0 Å². The van der Waals surface area contributed by atoms with Gasteiger partial charge in [0.15, 0.2) is 5.82 Å². The molecule has 0 bridgehead atoms. The molecule has 1 aromatic carbocycles. The van der Waals surface area contributed by atoms with Gasteiger partial charge in [-0.3, -0.25) is 0 Å². The second kappa shape index (κ2) is 4.96. The van der Waals surface area contributed by atoms with E-state index in [1.165, 1.54) is 5.56 Å². The van der Waals surface area contributed by atoms with Gasteiger partial charge in [-0.15, -0.1) is 10.2 Å². The van der Waals surface area contributed by atoms with Crippen molar-refractivity contribution in [2.24, 2.45) is 5.84 Å². The van der Waals surface area contributed by atoms with Crippen molar-refractivity contribution in [1.82, 2.24) is 10.2 Å². The summed E-state index contributed by atoms with van der Waals surface area (Å²) in [6.07, 6.45) is 0. The number of nitrogen functional groups attached to an aromatic ring is 1. The molecule has 0 aliphatic carbocycles. The van der Waals surface area contributed by atoms with Crippen molar-refractivity contribution in [3.63, 3.8) is 0 Å². The van der Waals surface area contributed by atoms with Crippen LogP contribution in [0.1, 0.15) is 5.56 Å². The number of hydrogen-bond acceptors (Lipinski definition) is 5. The number of nitrogens with one attached hydrogen (secondary N) is 1. The van der Waals surface area contributed by atoms with E-state index in [0.29, 0.717) is 5.82 Å². The van der Waals surface area contributed by atoms with E-state index in [1.54, 1.807) is 17.8 Å². The molecule has 82 valence electrons. The zero-order valence-corrected chi connectivity index (χ0v) is 9.66. The number of nitrogens with two attached hydrogens (primary N) is 1. The molecule has 0 saturated carbocycles. The van der Waals surface area contributed by atoms with Crippen LogP contribution in [0.4, 0.5) is 5.82 Å². The number of aromatic nitrogens is 2. The summed E-state index contributed by atoms with van der Waals surface area (Å²) < 4.78 is 0. The van der Waals surface area contributed by atoms with E-state index >= 15 is 0 Å². The van der Waals surface area contributed by atoms with Crippen molar-refractivity contribution in [2.75, 3.05) is 5.43 Å². The summed E-state index contributed by atoms with van der Waals surface area (Å²) in [5.74, 6) is 5.77. The summed E-state index contributed by atoms with van der Waals surface area (Å²) in [4.78, 5) is 1.15. The Morgan fingerprint density at radius 2 is 1.81 bits per heavy atom. The van der Waals surface area contributed by atoms with Crippen LogP contribution in [0.3, 0.4) is 0 Å². The van der Waals surface area contributed by atoms with Gasteiger partial charge in [0.05, 0.1) is 0 Å². The lowest BCUT2D eigenvalue weighted by molar-refractivity contribution is 0.927. The molecule has 1 heterocycles. The second-order valence-electron chi connectivity index (χ2n) is 3.32. The van der Waals surface area contributed by atoms with Crippen LogP contribution in [0.5, 0.6) is 0 Å². The first-order valence-corrected chi connectivity index (χ1v) is 5.64. The van der Waals surface area contributed by atoms with Gasteiger partial charge in [0.2, 0.25) is 0 Å². The van der Waals surface area contributed by atoms with Crippen LogP contribution >= 0.6 is 11.8 Å². The summed E-state index contributed by atoms with van der Waals surface area (Å²) in [6, 6.07) is 12.0. The smallest absolute Gasteiger partial charge is 0.162 e. The van der Waals surface area contributed by atoms with Gasteiger partial charge in [-0.25, -0.2) is 5.84 Å². The molecule has 0 radical (unpaired) electrons. The fraction of sp³-hybridized carbons (Fsp3) is 0.0909. The molecule has 4 nitrogen and oxygen atoms in total. The lowest BCUT2D eigenvalue weighted by Crippen LogP contribution is -2.08. The van der Waals surface area contributed by atoms with Gasteiger partial charge in [-0.2, -0.15) is 0 Å². The Morgan fingerprint density at radius 1 is 1.06 bits per heavy atom. The Balaban J connectivity index is 2.11. The number of benzene rings is 1. The van der Waals surface area contributed by atoms with Crippen LogP contribution < -0.4 is 11.3 Å². The summed E-state index contributed by atoms with van der Waals surface area (Å²) in [5.41, 5.74) is 3.69. The van der Waals surface area contributed by atoms with Crippen molar-refractivity contribution in [1.29, 1.82) is 0 Å². The van der Waals surface area contributed by atoms with Crippen LogP contribution in [0.15, 0.2) is 46.3 Å². The van der Waals surface area contributed by atoms with E-state index < -0.39 is 0 Å². The first-order chi connectivity index (χ1) is 7.78. The van der Waals surface area contributed by atoms with Crippen LogP contribution in [-0.4, -0.2) is 10.2 Å². The molecule has 2 aromatic rings. The van der Waals surface area contributed by atoms with E-state index in [4.69, 9.17) is 5.84 Å². The van der Waals surface area contributed by atoms with Gasteiger partial charge in [-0.05, 0) is 31.2 Å². The largest absolute Gasteiger partial charge is 0.307 e. The maximum absolute atomic E-state index is 5.21. The number of rotatable bonds is 3. The maximum Gasteiger partial charge on any atom is 0.162 e. The van der Waals surface area contributed by atoms with E-state index in [1.807, 2.05) is 6.07 Å². The van der Waals surface area contributed by atoms with Gasteiger partial charge in [0.1, 0.15) is 5.03 Å². The van der Waals surface area contributed by atoms with Crippen LogP contribution in [0, 0.1) is 6.92 Å². The quantitative estimate of drug-likeness (QED) is 0.627. The van der Waals surface area contributed by atoms with Gasteiger partial charge in [0.25, 0.3) is 0 Å². The SMILES string of the molecule is Cc1ccc(Sc2ccc(NN)nn2)cc1. The monoisotopic (exact) mass is 232 g/mol. The third kappa shape index (κ3) is 2.71. The average Bonchev–Trinajstić information content (AvgIpc) is 2.33. The third-order valence-corrected chi connectivity index (χ3v) is 2.97. The number of hydrazine groups is 1. The minimum absolute atomic E-state index is 0.563. The highest BCUT2D eigenvalue weighted by Crippen LogP contribution is 2.25. The third-order valence-electron chi connectivity index (χ3n) is 2.03. The Bertz CT molecular complexity index is 452. The fourth-order valence-electron chi connectivity index (χ4n) is 1.18. The summed E-state index contributed by atoms with van der Waals surface area (Å²) in [7, 11) is 0. The van der Waals surface area contributed by atoms with E-state index in [2.05, 4.69) is 46.8 Å². The molecule has 0 saturated heterocycles. The predicted molar refractivity (Wildman–Crippen MR) is 65.1 cm³/mol. The van der Waals surface area contributed by atoms with Crippen molar-refractivity contribution >= 4 is 17.6 Å². The highest BCUT2D eigenvalue weighted by molar-refractivity contribution is 7.99. The van der Waals surface area contributed by atoms with E-state index in [9.17, 15) is 0 Å². The van der Waals surface area contributed by atoms with Crippen molar-refractivity contribution in [3.05, 3.63) is 42.0 Å². The molecular weight excluding hydrogens is 220 g/mol. The fourth-order valence-corrected chi connectivity index (χ4v) is 1.91. The molecule has 0 amide bonds. The summed E-state index contributed by atoms with van der Waals surface area (Å²) in [5, 5.41) is 8.79. The Kier molecular flexibility index (Phi) is 3.38. The lowest BCUT2D eigenvalue weighted by Gasteiger charge is -2.01. The molecule has 0 spiro atoms. The Morgan fingerprint density at radius 3 is 2.38 bits per heavy atom. The minimum Gasteiger partial charge on any atom is -0.307 e. The molecule has 2 rings (SSSR count). The number of nitrogens with zero attached hydrogens (tertiary/aromatic N) is 2. The molecule has 0 aliphatic heterocycles. The predicted octanol–water partition coefficient (Wildman–Crippen LogP) is 2.22. The van der Waals surface area contributed by atoms with Crippen LogP contribution in [0.25, 0.3) is 0 Å². The standard InChI is InChI=1S/C11H12N4S/c1-8-2-4-9(5-3-8)16-11-7-6-10(13-12)14-15-11/h2-7H,12H2,1H3,(H,13,14). The normalized spacial score (nSPS) is 10.1. The number of anilines is 1. The second-order valence-corrected chi connectivity index (χ2v) is 4.41. The lowest BCUT2D eigenvalue weighted by atomic mass is 10.2. The van der Waals surface area contributed by atoms with Crippen molar-refractivity contribution in [3.8, 4) is 0 Å². The Labute approximate surface area is 98.2 Å². The summed E-state index contributed by atoms with van der Waals surface area (Å²) in [6.45, 7) is 2.07. The highest BCUT2D eigenvalue weighted by atomic mass is 32.2. The number of aryl methyl sites for hydroxylation is 1. The van der Waals surface area contributed by atoms with Gasteiger partial charge in [-0.1, -0.05) is 29.5 Å². The summed E-state index contributed by atoms with van der Waals surface area (Å²) >= 11 is 1.57. The van der Waals surface area contributed by atoms with E-state index in [-0.39, 0.29) is 0 Å². The zero-order chi connectivity index (χ0) is 11.4. The first-order valence-electron chi connectivity index (χ1n) is 4.83. The molecule has 5 heteroatoms. The van der Waals surface area contributed by atoms with Crippen molar-refractivity contribution < 1.29 is 0 Å². The molecule has 0 unspecified atom stereocenters. The molecular formula is C11H12N4S.